The highest BCUT2D eigenvalue weighted by molar-refractivity contribution is 5.10. The van der Waals surface area contributed by atoms with Gasteiger partial charge in [-0.1, -0.05) is 27.7 Å². The van der Waals surface area contributed by atoms with Gasteiger partial charge in [0.15, 0.2) is 0 Å². The van der Waals surface area contributed by atoms with Gasteiger partial charge in [0.05, 0.1) is 6.20 Å². The van der Waals surface area contributed by atoms with Crippen molar-refractivity contribution in [1.29, 1.82) is 0 Å². The zero-order valence-electron chi connectivity index (χ0n) is 14.1. The molecule has 0 atom stereocenters. The first-order chi connectivity index (χ1) is 10.2. The van der Waals surface area contributed by atoms with Gasteiger partial charge in [0, 0.05) is 32.1 Å². The average molecular weight is 304 g/mol. The molecular weight excluding hydrogens is 280 g/mol. The van der Waals surface area contributed by atoms with Gasteiger partial charge >= 0.3 is 5.69 Å². The lowest BCUT2D eigenvalue weighted by Crippen LogP contribution is -2.22. The van der Waals surface area contributed by atoms with Gasteiger partial charge in [-0.25, -0.2) is 14.5 Å². The quantitative estimate of drug-likeness (QED) is 0.848. The van der Waals surface area contributed by atoms with E-state index in [4.69, 9.17) is 0 Å². The van der Waals surface area contributed by atoms with Gasteiger partial charge in [-0.05, 0) is 23.5 Å². The molecule has 22 heavy (non-hydrogen) atoms. The fourth-order valence-electron chi connectivity index (χ4n) is 1.87. The van der Waals surface area contributed by atoms with Crippen LogP contribution < -0.4 is 11.2 Å². The van der Waals surface area contributed by atoms with E-state index in [0.29, 0.717) is 11.8 Å². The average Bonchev–Trinajstić information content (AvgIpc) is 2.45. The molecule has 2 aromatic heterocycles. The lowest BCUT2D eigenvalue weighted by atomic mass is 10.1. The van der Waals surface area contributed by atoms with Crippen LogP contribution in [0.5, 0.6) is 0 Å². The van der Waals surface area contributed by atoms with E-state index in [1.165, 1.54) is 4.68 Å². The molecule has 120 valence electrons. The van der Waals surface area contributed by atoms with Crippen molar-refractivity contribution in [3.8, 4) is 0 Å². The zero-order valence-corrected chi connectivity index (χ0v) is 14.1. The molecule has 0 aromatic carbocycles. The molecule has 6 heteroatoms. The molecule has 2 heterocycles. The Kier molecular flexibility index (Phi) is 6.22. The Hall–Kier alpha value is -2.24. The van der Waals surface area contributed by atoms with E-state index >= 15 is 0 Å². The minimum absolute atomic E-state index is 0.0452. The largest absolute Gasteiger partial charge is 0.347 e. The Balaban J connectivity index is 0.000000220. The second-order valence-electron chi connectivity index (χ2n) is 5.77. The van der Waals surface area contributed by atoms with E-state index in [1.807, 2.05) is 19.9 Å². The first-order valence-corrected chi connectivity index (χ1v) is 7.29. The van der Waals surface area contributed by atoms with E-state index in [-0.39, 0.29) is 11.2 Å². The summed E-state index contributed by atoms with van der Waals surface area (Å²) in [6.07, 6.45) is 3.28. The lowest BCUT2D eigenvalue weighted by Gasteiger charge is -2.08. The molecular formula is C16H24N4O2. The van der Waals surface area contributed by atoms with Gasteiger partial charge in [-0.3, -0.25) is 9.36 Å². The highest BCUT2D eigenvalue weighted by Gasteiger charge is 2.02. The maximum atomic E-state index is 11.0. The second kappa shape index (κ2) is 7.68. The molecule has 0 amide bonds. The third-order valence-corrected chi connectivity index (χ3v) is 3.35. The predicted octanol–water partition coefficient (Wildman–Crippen LogP) is 1.81. The maximum Gasteiger partial charge on any atom is 0.347 e. The summed E-state index contributed by atoms with van der Waals surface area (Å²) >= 11 is 0. The third kappa shape index (κ3) is 4.65. The molecule has 0 bridgehead atoms. The third-order valence-electron chi connectivity index (χ3n) is 3.35. The van der Waals surface area contributed by atoms with E-state index in [0.717, 1.165) is 11.3 Å². The Bertz CT molecular complexity index is 727. The summed E-state index contributed by atoms with van der Waals surface area (Å²) in [7, 11) is 3.39. The van der Waals surface area contributed by atoms with E-state index < -0.39 is 0 Å². The predicted molar refractivity (Wildman–Crippen MR) is 87.1 cm³/mol. The molecule has 0 unspecified atom stereocenters. The van der Waals surface area contributed by atoms with Crippen molar-refractivity contribution < 1.29 is 0 Å². The van der Waals surface area contributed by atoms with Crippen molar-refractivity contribution in [2.45, 2.75) is 39.5 Å². The molecule has 0 aliphatic heterocycles. The molecule has 0 aliphatic rings. The van der Waals surface area contributed by atoms with Crippen LogP contribution in [-0.2, 0) is 14.1 Å². The smallest absolute Gasteiger partial charge is 0.299 e. The minimum atomic E-state index is -0.184. The van der Waals surface area contributed by atoms with Crippen LogP contribution in [-0.4, -0.2) is 19.3 Å². The fourth-order valence-corrected chi connectivity index (χ4v) is 1.87. The summed E-state index contributed by atoms with van der Waals surface area (Å²) in [5.74, 6) is 0.743. The summed E-state index contributed by atoms with van der Waals surface area (Å²) in [6.45, 7) is 8.18. The molecule has 6 nitrogen and oxygen atoms in total. The molecule has 0 N–H and O–H groups in total. The Morgan fingerprint density at radius 2 is 1.68 bits per heavy atom. The Labute approximate surface area is 130 Å². The standard InChI is InChI=1S/2C8H12N2O/c1-6(2)7-4-8(11)10(3)9-5-7;1-6(2)7-4-5-9-8(11)10(7)3/h2*4-6H,1-3H3. The van der Waals surface area contributed by atoms with Gasteiger partial charge < -0.3 is 0 Å². The van der Waals surface area contributed by atoms with Crippen LogP contribution in [0, 0.1) is 0 Å². The molecule has 2 rings (SSSR count). The highest BCUT2D eigenvalue weighted by atomic mass is 16.1. The van der Waals surface area contributed by atoms with Gasteiger partial charge in [0.25, 0.3) is 5.56 Å². The van der Waals surface area contributed by atoms with E-state index in [1.54, 1.807) is 37.1 Å². The summed E-state index contributed by atoms with van der Waals surface area (Å²) in [5.41, 5.74) is 1.78. The van der Waals surface area contributed by atoms with Crippen molar-refractivity contribution in [3.05, 3.63) is 56.6 Å². The number of aromatic nitrogens is 4. The molecule has 0 spiro atoms. The Morgan fingerprint density at radius 1 is 1.05 bits per heavy atom. The van der Waals surface area contributed by atoms with Crippen molar-refractivity contribution in [1.82, 2.24) is 19.3 Å². The molecule has 0 saturated heterocycles. The summed E-state index contributed by atoms with van der Waals surface area (Å²) < 4.78 is 2.90. The number of hydrogen-bond donors (Lipinski definition) is 0. The van der Waals surface area contributed by atoms with Crippen LogP contribution >= 0.6 is 0 Å². The second-order valence-corrected chi connectivity index (χ2v) is 5.77. The van der Waals surface area contributed by atoms with Gasteiger partial charge in [0.2, 0.25) is 0 Å². The Morgan fingerprint density at radius 3 is 2.14 bits per heavy atom. The molecule has 2 aromatic rings. The number of rotatable bonds is 2. The number of hydrogen-bond acceptors (Lipinski definition) is 4. The summed E-state index contributed by atoms with van der Waals surface area (Å²) in [4.78, 5) is 25.7. The monoisotopic (exact) mass is 304 g/mol. The molecule has 0 aliphatic carbocycles. The van der Waals surface area contributed by atoms with Crippen LogP contribution in [0.1, 0.15) is 50.8 Å². The van der Waals surface area contributed by atoms with Crippen LogP contribution in [0.2, 0.25) is 0 Å². The van der Waals surface area contributed by atoms with Crippen molar-refractivity contribution in [3.63, 3.8) is 0 Å². The van der Waals surface area contributed by atoms with E-state index in [2.05, 4.69) is 23.9 Å². The molecule has 0 radical (unpaired) electrons. The van der Waals surface area contributed by atoms with Crippen molar-refractivity contribution in [2.24, 2.45) is 14.1 Å². The van der Waals surface area contributed by atoms with Gasteiger partial charge in [0.1, 0.15) is 0 Å². The van der Waals surface area contributed by atoms with Gasteiger partial charge in [-0.15, -0.1) is 0 Å². The minimum Gasteiger partial charge on any atom is -0.299 e. The SMILES string of the molecule is CC(C)c1ccnc(=O)n1C.CC(C)c1cnn(C)c(=O)c1. The summed E-state index contributed by atoms with van der Waals surface area (Å²) in [5, 5.41) is 3.90. The highest BCUT2D eigenvalue weighted by Crippen LogP contribution is 2.09. The van der Waals surface area contributed by atoms with Crippen molar-refractivity contribution >= 4 is 0 Å². The van der Waals surface area contributed by atoms with Crippen LogP contribution in [0.3, 0.4) is 0 Å². The zero-order chi connectivity index (χ0) is 16.9. The molecule has 0 saturated carbocycles. The van der Waals surface area contributed by atoms with Crippen LogP contribution in [0.15, 0.2) is 34.1 Å². The van der Waals surface area contributed by atoms with Gasteiger partial charge in [-0.2, -0.15) is 5.10 Å². The van der Waals surface area contributed by atoms with Crippen LogP contribution in [0.4, 0.5) is 0 Å². The maximum absolute atomic E-state index is 11.0. The first kappa shape index (κ1) is 17.8. The van der Waals surface area contributed by atoms with Crippen molar-refractivity contribution in [2.75, 3.05) is 0 Å². The number of aryl methyl sites for hydroxylation is 1. The molecule has 0 fully saturated rings. The number of nitrogens with zero attached hydrogens (tertiary/aromatic N) is 4. The summed E-state index contributed by atoms with van der Waals surface area (Å²) in [6, 6.07) is 3.49. The topological polar surface area (TPSA) is 69.8 Å². The lowest BCUT2D eigenvalue weighted by molar-refractivity contribution is 0.685. The first-order valence-electron chi connectivity index (χ1n) is 7.29. The van der Waals surface area contributed by atoms with Crippen LogP contribution in [0.25, 0.3) is 0 Å². The van der Waals surface area contributed by atoms with E-state index in [9.17, 15) is 9.59 Å². The normalized spacial score (nSPS) is 10.5. The fraction of sp³-hybridized carbons (Fsp3) is 0.500.